The number of fused-ring (bicyclic) bond motifs is 3. The molecule has 4 rings (SSSR count). The van der Waals surface area contributed by atoms with Crippen LogP contribution in [-0.4, -0.2) is 46.1 Å². The van der Waals surface area contributed by atoms with Crippen LogP contribution >= 0.6 is 0 Å². The van der Waals surface area contributed by atoms with E-state index in [0.29, 0.717) is 59.7 Å². The summed E-state index contributed by atoms with van der Waals surface area (Å²) in [5, 5.41) is 10.5. The van der Waals surface area contributed by atoms with Crippen LogP contribution in [0.3, 0.4) is 0 Å². The number of anilines is 3. The van der Waals surface area contributed by atoms with Gasteiger partial charge in [-0.3, -0.25) is 4.79 Å². The van der Waals surface area contributed by atoms with Gasteiger partial charge >= 0.3 is 0 Å². The second-order valence-electron chi connectivity index (χ2n) is 5.77. The second-order valence-corrected chi connectivity index (χ2v) is 5.77. The van der Waals surface area contributed by atoms with Gasteiger partial charge < -0.3 is 20.1 Å². The Labute approximate surface area is 149 Å². The number of hydrogen-bond acceptors (Lipinski definition) is 8. The first-order valence-electron chi connectivity index (χ1n) is 8.24. The molecular weight excluding hydrogens is 336 g/mol. The molecule has 9 nitrogen and oxygen atoms in total. The summed E-state index contributed by atoms with van der Waals surface area (Å²) in [5.74, 6) is 2.68. The van der Waals surface area contributed by atoms with Crippen LogP contribution in [0.25, 0.3) is 5.65 Å². The lowest BCUT2D eigenvalue weighted by Gasteiger charge is -2.13. The Morgan fingerprint density at radius 1 is 1.35 bits per heavy atom. The van der Waals surface area contributed by atoms with Crippen molar-refractivity contribution >= 4 is 28.9 Å². The summed E-state index contributed by atoms with van der Waals surface area (Å²) >= 11 is 0. The summed E-state index contributed by atoms with van der Waals surface area (Å²) in [5.41, 5.74) is 0.968. The van der Waals surface area contributed by atoms with Crippen molar-refractivity contribution in [2.45, 2.75) is 12.8 Å². The number of carbonyl (C=O) groups excluding carboxylic acids is 1. The fourth-order valence-corrected chi connectivity index (χ4v) is 2.83. The Kier molecular flexibility index (Phi) is 4.04. The van der Waals surface area contributed by atoms with Gasteiger partial charge in [0.1, 0.15) is 11.6 Å². The maximum atomic E-state index is 12.6. The van der Waals surface area contributed by atoms with Gasteiger partial charge in [-0.25, -0.2) is 4.98 Å². The number of hydrogen-bond donors (Lipinski definition) is 2. The van der Waals surface area contributed by atoms with E-state index >= 15 is 0 Å². The number of Topliss-reactive ketones (excluding diaryl/α,β-unsaturated/α-hetero) is 1. The normalized spacial score (nSPS) is 14.0. The molecule has 9 heteroatoms. The van der Waals surface area contributed by atoms with E-state index in [1.54, 1.807) is 43.1 Å². The molecule has 1 aliphatic heterocycles. The van der Waals surface area contributed by atoms with E-state index in [2.05, 4.69) is 25.7 Å². The molecule has 2 N–H and O–H groups in total. The fraction of sp³-hybridized carbons (Fsp3) is 0.294. The van der Waals surface area contributed by atoms with Gasteiger partial charge in [-0.05, 0) is 12.5 Å². The SMILES string of the molecule is CNc1cc2nc3c(cnn13)C(=O)CCCOc1ccc(OC)c(n1)N2. The van der Waals surface area contributed by atoms with Crippen molar-refractivity contribution in [1.29, 1.82) is 0 Å². The number of carbonyl (C=O) groups is 1. The number of methoxy groups -OCH3 is 1. The van der Waals surface area contributed by atoms with Crippen molar-refractivity contribution in [2.24, 2.45) is 0 Å². The van der Waals surface area contributed by atoms with Gasteiger partial charge in [0.05, 0.1) is 25.5 Å². The fourth-order valence-electron chi connectivity index (χ4n) is 2.83. The number of nitrogens with one attached hydrogen (secondary N) is 2. The summed E-state index contributed by atoms with van der Waals surface area (Å²) in [6, 6.07) is 5.29. The van der Waals surface area contributed by atoms with E-state index in [4.69, 9.17) is 9.47 Å². The minimum atomic E-state index is -0.0215. The number of aromatic nitrogens is 4. The predicted octanol–water partition coefficient (Wildman–Crippen LogP) is 2.27. The second kappa shape index (κ2) is 6.51. The monoisotopic (exact) mass is 354 g/mol. The minimum absolute atomic E-state index is 0.0215. The molecule has 0 aromatic carbocycles. The Hall–Kier alpha value is -3.36. The molecular formula is C17H18N6O3. The quantitative estimate of drug-likeness (QED) is 0.722. The molecule has 0 atom stereocenters. The standard InChI is InChI=1S/C17H18N6O3/c1-18-14-8-13-20-16-12(25-2)5-6-15(22-16)26-7-3-4-11(24)10-9-19-23(14)17(10)21-13/h5-6,8-9,18H,3-4,7H2,1-2H3,(H,20,21,22). The minimum Gasteiger partial charge on any atom is -0.493 e. The van der Waals surface area contributed by atoms with Crippen LogP contribution in [-0.2, 0) is 0 Å². The molecule has 3 aromatic heterocycles. The van der Waals surface area contributed by atoms with Gasteiger partial charge in [0.15, 0.2) is 23.0 Å². The van der Waals surface area contributed by atoms with Gasteiger partial charge in [0.25, 0.3) is 0 Å². The smallest absolute Gasteiger partial charge is 0.215 e. The maximum absolute atomic E-state index is 12.6. The summed E-state index contributed by atoms with van der Waals surface area (Å²) in [6.45, 7) is 0.391. The van der Waals surface area contributed by atoms with E-state index in [0.717, 1.165) is 0 Å². The number of ketones is 1. The van der Waals surface area contributed by atoms with Crippen molar-refractivity contribution in [3.8, 4) is 11.6 Å². The molecule has 0 amide bonds. The van der Waals surface area contributed by atoms with E-state index in [1.807, 2.05) is 0 Å². The average molecular weight is 354 g/mol. The molecule has 0 fully saturated rings. The van der Waals surface area contributed by atoms with E-state index < -0.39 is 0 Å². The van der Waals surface area contributed by atoms with Crippen molar-refractivity contribution < 1.29 is 14.3 Å². The Bertz CT molecular complexity index is 984. The molecule has 0 saturated carbocycles. The van der Waals surface area contributed by atoms with Crippen LogP contribution in [0.5, 0.6) is 11.6 Å². The number of rotatable bonds is 2. The lowest BCUT2D eigenvalue weighted by molar-refractivity contribution is 0.0974. The molecule has 4 bridgehead atoms. The summed E-state index contributed by atoms with van der Waals surface area (Å²) in [7, 11) is 3.35. The summed E-state index contributed by atoms with van der Waals surface area (Å²) in [4.78, 5) is 21.6. The average Bonchev–Trinajstić information content (AvgIpc) is 3.08. The first-order chi connectivity index (χ1) is 12.7. The molecule has 0 saturated heterocycles. The van der Waals surface area contributed by atoms with E-state index in [1.165, 1.54) is 0 Å². The zero-order chi connectivity index (χ0) is 18.1. The van der Waals surface area contributed by atoms with Gasteiger partial charge in [-0.1, -0.05) is 0 Å². The molecule has 1 aliphatic rings. The highest BCUT2D eigenvalue weighted by Crippen LogP contribution is 2.29. The lowest BCUT2D eigenvalue weighted by atomic mass is 10.1. The van der Waals surface area contributed by atoms with Crippen LogP contribution in [0.2, 0.25) is 0 Å². The third-order valence-corrected chi connectivity index (χ3v) is 4.13. The first-order valence-corrected chi connectivity index (χ1v) is 8.24. The zero-order valence-corrected chi connectivity index (χ0v) is 14.4. The third kappa shape index (κ3) is 2.77. The molecule has 134 valence electrons. The number of pyridine rings is 1. The maximum Gasteiger partial charge on any atom is 0.215 e. The molecule has 3 aromatic rings. The molecule has 0 aliphatic carbocycles. The predicted molar refractivity (Wildman–Crippen MR) is 95.7 cm³/mol. The summed E-state index contributed by atoms with van der Waals surface area (Å²) in [6.07, 6.45) is 2.47. The zero-order valence-electron chi connectivity index (χ0n) is 14.4. The van der Waals surface area contributed by atoms with Gasteiger partial charge in [0, 0.05) is 25.6 Å². The molecule has 26 heavy (non-hydrogen) atoms. The Morgan fingerprint density at radius 2 is 2.23 bits per heavy atom. The molecule has 0 unspecified atom stereocenters. The Balaban J connectivity index is 1.90. The van der Waals surface area contributed by atoms with Crippen molar-refractivity contribution in [3.05, 3.63) is 30.0 Å². The summed E-state index contributed by atoms with van der Waals surface area (Å²) < 4.78 is 12.6. The van der Waals surface area contributed by atoms with Crippen LogP contribution in [0.1, 0.15) is 23.2 Å². The van der Waals surface area contributed by atoms with Crippen molar-refractivity contribution in [1.82, 2.24) is 19.6 Å². The van der Waals surface area contributed by atoms with Crippen molar-refractivity contribution in [3.63, 3.8) is 0 Å². The highest BCUT2D eigenvalue weighted by molar-refractivity contribution is 6.01. The first kappa shape index (κ1) is 16.1. The number of nitrogens with zero attached hydrogens (tertiary/aromatic N) is 4. The highest BCUT2D eigenvalue weighted by Gasteiger charge is 2.18. The number of ether oxygens (including phenoxy) is 2. The molecule has 0 spiro atoms. The van der Waals surface area contributed by atoms with Crippen LogP contribution in [0.15, 0.2) is 24.4 Å². The topological polar surface area (TPSA) is 103 Å². The molecule has 4 heterocycles. The van der Waals surface area contributed by atoms with Crippen LogP contribution in [0, 0.1) is 0 Å². The van der Waals surface area contributed by atoms with Gasteiger partial charge in [0.2, 0.25) is 5.88 Å². The highest BCUT2D eigenvalue weighted by atomic mass is 16.5. The largest absolute Gasteiger partial charge is 0.493 e. The van der Waals surface area contributed by atoms with E-state index in [-0.39, 0.29) is 5.78 Å². The third-order valence-electron chi connectivity index (χ3n) is 4.13. The molecule has 0 radical (unpaired) electrons. The van der Waals surface area contributed by atoms with E-state index in [9.17, 15) is 4.79 Å². The van der Waals surface area contributed by atoms with Crippen molar-refractivity contribution in [2.75, 3.05) is 31.4 Å². The van der Waals surface area contributed by atoms with Gasteiger partial charge in [-0.2, -0.15) is 14.6 Å². The van der Waals surface area contributed by atoms with Gasteiger partial charge in [-0.15, -0.1) is 0 Å². The lowest BCUT2D eigenvalue weighted by Crippen LogP contribution is -2.06. The van der Waals surface area contributed by atoms with Crippen LogP contribution < -0.4 is 20.1 Å². The Morgan fingerprint density at radius 3 is 3.04 bits per heavy atom. The van der Waals surface area contributed by atoms with Crippen LogP contribution in [0.4, 0.5) is 17.5 Å².